The van der Waals surface area contributed by atoms with Crippen LogP contribution in [0.2, 0.25) is 10.0 Å². The number of piperidine rings is 1. The molecule has 0 aliphatic carbocycles. The van der Waals surface area contributed by atoms with E-state index in [2.05, 4.69) is 10.0 Å². The number of hydrogen-bond acceptors (Lipinski definition) is 2. The molecule has 1 aliphatic rings. The van der Waals surface area contributed by atoms with Crippen LogP contribution in [0.5, 0.6) is 0 Å². The molecule has 0 spiro atoms. The van der Waals surface area contributed by atoms with Crippen LogP contribution in [-0.4, -0.2) is 29.4 Å². The highest BCUT2D eigenvalue weighted by atomic mass is 35.5. The maximum atomic E-state index is 13.1. The number of rotatable bonds is 4. The molecular formula is C19H18Cl2N4O. The first-order valence-corrected chi connectivity index (χ1v) is 9.17. The fourth-order valence-electron chi connectivity index (χ4n) is 3.40. The summed E-state index contributed by atoms with van der Waals surface area (Å²) < 4.78 is 0. The second-order valence-corrected chi connectivity index (χ2v) is 7.26. The van der Waals surface area contributed by atoms with Crippen molar-refractivity contribution in [2.45, 2.75) is 31.3 Å². The number of amides is 1. The van der Waals surface area contributed by atoms with Gasteiger partial charge in [-0.15, -0.1) is 0 Å². The molecule has 1 heterocycles. The van der Waals surface area contributed by atoms with E-state index in [1.54, 1.807) is 18.2 Å². The molecule has 0 saturated carbocycles. The molecule has 0 aromatic heterocycles. The van der Waals surface area contributed by atoms with Gasteiger partial charge in [0, 0.05) is 39.1 Å². The number of carbonyl (C=O) groups is 1. The molecule has 1 amide bonds. The monoisotopic (exact) mass is 388 g/mol. The smallest absolute Gasteiger partial charge is 0.254 e. The van der Waals surface area contributed by atoms with Crippen molar-refractivity contribution in [3.63, 3.8) is 0 Å². The van der Waals surface area contributed by atoms with Crippen molar-refractivity contribution in [1.82, 2.24) is 4.90 Å². The molecule has 0 N–H and O–H groups in total. The minimum atomic E-state index is -0.102. The predicted molar refractivity (Wildman–Crippen MR) is 104 cm³/mol. The minimum absolute atomic E-state index is 0.0492. The highest BCUT2D eigenvalue weighted by molar-refractivity contribution is 6.35. The highest BCUT2D eigenvalue weighted by Crippen LogP contribution is 2.27. The van der Waals surface area contributed by atoms with E-state index < -0.39 is 0 Å². The lowest BCUT2D eigenvalue weighted by atomic mass is 9.92. The third-order valence-electron chi connectivity index (χ3n) is 4.59. The van der Waals surface area contributed by atoms with Gasteiger partial charge >= 0.3 is 0 Å². The lowest BCUT2D eigenvalue weighted by Crippen LogP contribution is -2.48. The molecule has 3 rings (SSSR count). The van der Waals surface area contributed by atoms with Crippen molar-refractivity contribution in [2.75, 3.05) is 6.54 Å². The van der Waals surface area contributed by atoms with Gasteiger partial charge in [-0.05, 0) is 48.6 Å². The molecule has 0 radical (unpaired) electrons. The summed E-state index contributed by atoms with van der Waals surface area (Å²) >= 11 is 12.1. The Bertz CT molecular complexity index is 816. The summed E-state index contributed by atoms with van der Waals surface area (Å²) in [4.78, 5) is 17.9. The maximum absolute atomic E-state index is 13.1. The lowest BCUT2D eigenvalue weighted by Gasteiger charge is -2.38. The minimum Gasteiger partial charge on any atom is -0.335 e. The van der Waals surface area contributed by atoms with Crippen LogP contribution in [0, 0.1) is 0 Å². The summed E-state index contributed by atoms with van der Waals surface area (Å²) in [5, 5.41) is 4.74. The average Bonchev–Trinajstić information content (AvgIpc) is 2.62. The van der Waals surface area contributed by atoms with Gasteiger partial charge in [-0.3, -0.25) is 4.79 Å². The van der Waals surface area contributed by atoms with Gasteiger partial charge in [-0.2, -0.15) is 0 Å². The largest absolute Gasteiger partial charge is 0.335 e. The first kappa shape index (κ1) is 18.6. The Morgan fingerprint density at radius 1 is 1.19 bits per heavy atom. The van der Waals surface area contributed by atoms with Gasteiger partial charge in [-0.1, -0.05) is 58.6 Å². The summed E-state index contributed by atoms with van der Waals surface area (Å²) in [5.74, 6) is -0.102. The Morgan fingerprint density at radius 3 is 2.54 bits per heavy atom. The van der Waals surface area contributed by atoms with Gasteiger partial charge in [0.2, 0.25) is 0 Å². The maximum Gasteiger partial charge on any atom is 0.254 e. The molecule has 2 aromatic rings. The Morgan fingerprint density at radius 2 is 1.88 bits per heavy atom. The van der Waals surface area contributed by atoms with Crippen LogP contribution in [0.3, 0.4) is 0 Å². The van der Waals surface area contributed by atoms with Crippen LogP contribution in [0.15, 0.2) is 53.6 Å². The zero-order valence-corrected chi connectivity index (χ0v) is 15.6. The van der Waals surface area contributed by atoms with Gasteiger partial charge in [0.25, 0.3) is 5.91 Å². The Labute approximate surface area is 162 Å². The number of halogens is 2. The molecular weight excluding hydrogens is 371 g/mol. The van der Waals surface area contributed by atoms with Crippen LogP contribution in [0.25, 0.3) is 10.4 Å². The zero-order chi connectivity index (χ0) is 18.5. The van der Waals surface area contributed by atoms with Crippen molar-refractivity contribution < 1.29 is 4.79 Å². The SMILES string of the molecule is [N-]=[N+]=N[C@@H]1CCN(C(=O)c2cc(Cl)cc(Cl)c2)[C@H](Cc2ccccc2)C1. The molecule has 134 valence electrons. The second-order valence-electron chi connectivity index (χ2n) is 6.38. The summed E-state index contributed by atoms with van der Waals surface area (Å²) in [6.07, 6.45) is 1.99. The third-order valence-corrected chi connectivity index (χ3v) is 5.02. The number of benzene rings is 2. The van der Waals surface area contributed by atoms with E-state index >= 15 is 0 Å². The summed E-state index contributed by atoms with van der Waals surface area (Å²) in [7, 11) is 0. The Hall–Kier alpha value is -2.20. The molecule has 1 fully saturated rings. The van der Waals surface area contributed by atoms with Gasteiger partial charge in [0.05, 0.1) is 0 Å². The summed E-state index contributed by atoms with van der Waals surface area (Å²) in [5.41, 5.74) is 10.4. The molecule has 2 atom stereocenters. The molecule has 1 aliphatic heterocycles. The molecule has 0 bridgehead atoms. The van der Waals surface area contributed by atoms with Crippen molar-refractivity contribution in [2.24, 2.45) is 5.11 Å². The molecule has 2 aromatic carbocycles. The van der Waals surface area contributed by atoms with Crippen molar-refractivity contribution in [1.29, 1.82) is 0 Å². The highest BCUT2D eigenvalue weighted by Gasteiger charge is 2.32. The second kappa shape index (κ2) is 8.45. The average molecular weight is 389 g/mol. The Balaban J connectivity index is 1.86. The van der Waals surface area contributed by atoms with Gasteiger partial charge < -0.3 is 4.90 Å². The van der Waals surface area contributed by atoms with Crippen molar-refractivity contribution in [3.8, 4) is 0 Å². The van der Waals surface area contributed by atoms with Crippen LogP contribution in [0.4, 0.5) is 0 Å². The molecule has 5 nitrogen and oxygen atoms in total. The topological polar surface area (TPSA) is 69.1 Å². The van der Waals surface area contributed by atoms with E-state index in [4.69, 9.17) is 28.7 Å². The molecule has 0 unspecified atom stereocenters. The molecule has 1 saturated heterocycles. The van der Waals surface area contributed by atoms with Crippen LogP contribution in [0.1, 0.15) is 28.8 Å². The first-order valence-electron chi connectivity index (χ1n) is 8.42. The van der Waals surface area contributed by atoms with Gasteiger partial charge in [0.1, 0.15) is 0 Å². The van der Waals surface area contributed by atoms with Crippen LogP contribution >= 0.6 is 23.2 Å². The number of nitrogens with zero attached hydrogens (tertiary/aromatic N) is 4. The van der Waals surface area contributed by atoms with E-state index in [1.807, 2.05) is 35.2 Å². The summed E-state index contributed by atoms with van der Waals surface area (Å²) in [6.45, 7) is 0.532. The molecule has 7 heteroatoms. The molecule has 26 heavy (non-hydrogen) atoms. The Kier molecular flexibility index (Phi) is 6.04. The number of carbonyl (C=O) groups excluding carboxylic acids is 1. The van der Waals surface area contributed by atoms with Crippen molar-refractivity contribution >= 4 is 29.1 Å². The van der Waals surface area contributed by atoms with E-state index in [1.165, 1.54) is 0 Å². The number of likely N-dealkylation sites (tertiary alicyclic amines) is 1. The summed E-state index contributed by atoms with van der Waals surface area (Å²) in [6, 6.07) is 14.7. The number of hydrogen-bond donors (Lipinski definition) is 0. The lowest BCUT2D eigenvalue weighted by molar-refractivity contribution is 0.0595. The quantitative estimate of drug-likeness (QED) is 0.386. The normalized spacial score (nSPS) is 19.7. The van der Waals surface area contributed by atoms with E-state index in [0.717, 1.165) is 5.56 Å². The number of azide groups is 1. The van der Waals surface area contributed by atoms with Crippen molar-refractivity contribution in [3.05, 3.63) is 80.1 Å². The zero-order valence-electron chi connectivity index (χ0n) is 14.1. The van der Waals surface area contributed by atoms with Crippen LogP contribution in [-0.2, 0) is 6.42 Å². The first-order chi connectivity index (χ1) is 12.6. The van der Waals surface area contributed by atoms with E-state index in [9.17, 15) is 4.79 Å². The van der Waals surface area contributed by atoms with E-state index in [-0.39, 0.29) is 18.0 Å². The fourth-order valence-corrected chi connectivity index (χ4v) is 3.92. The van der Waals surface area contributed by atoms with Gasteiger partial charge in [0.15, 0.2) is 0 Å². The standard InChI is InChI=1S/C19H18Cl2N4O/c20-15-9-14(10-16(21)11-15)19(26)25-7-6-17(23-24-22)12-18(25)8-13-4-2-1-3-5-13/h1-5,9-11,17-18H,6-8,12H2/t17-,18-/m1/s1. The third kappa shape index (κ3) is 4.50. The van der Waals surface area contributed by atoms with Gasteiger partial charge in [-0.25, -0.2) is 0 Å². The van der Waals surface area contributed by atoms with E-state index in [0.29, 0.717) is 41.4 Å². The van der Waals surface area contributed by atoms with Crippen LogP contribution < -0.4 is 0 Å². The predicted octanol–water partition coefficient (Wildman–Crippen LogP) is 5.52. The fraction of sp³-hybridized carbons (Fsp3) is 0.316.